The van der Waals surface area contributed by atoms with Gasteiger partial charge in [-0.2, -0.15) is 0 Å². The maximum Gasteiger partial charge on any atom is 0.423 e. The summed E-state index contributed by atoms with van der Waals surface area (Å²) < 4.78 is 5.48. The number of unbranched alkanes of at least 4 members (excludes halogenated alkanes) is 1. The predicted octanol–water partition coefficient (Wildman–Crippen LogP) is -0.913. The van der Waals surface area contributed by atoms with Gasteiger partial charge in [0.1, 0.15) is 11.9 Å². The number of nitrogens with zero attached hydrogens (tertiary/aromatic N) is 2. The Morgan fingerprint density at radius 3 is 2.78 bits per heavy atom. The average molecular weight is 257 g/mol. The number of hydrogen-bond acceptors (Lipinski definition) is 6. The van der Waals surface area contributed by atoms with Gasteiger partial charge in [-0.3, -0.25) is 14.2 Å². The van der Waals surface area contributed by atoms with Crippen molar-refractivity contribution in [3.05, 3.63) is 26.6 Å². The fourth-order valence-corrected chi connectivity index (χ4v) is 1.47. The summed E-state index contributed by atoms with van der Waals surface area (Å²) in [6, 6.07) is -0.901. The zero-order valence-electron chi connectivity index (χ0n) is 9.96. The highest BCUT2D eigenvalue weighted by Gasteiger charge is 2.11. The van der Waals surface area contributed by atoms with Crippen LogP contribution in [0.5, 0.6) is 0 Å². The number of aromatic nitrogens is 2. The van der Waals surface area contributed by atoms with Gasteiger partial charge in [0.15, 0.2) is 0 Å². The molecular formula is C10H15N3O5. The van der Waals surface area contributed by atoms with Crippen LogP contribution in [0.3, 0.4) is 0 Å². The van der Waals surface area contributed by atoms with E-state index in [1.165, 1.54) is 4.57 Å². The van der Waals surface area contributed by atoms with E-state index >= 15 is 0 Å². The van der Waals surface area contributed by atoms with E-state index in [4.69, 9.17) is 10.8 Å². The van der Waals surface area contributed by atoms with Crippen molar-refractivity contribution in [1.29, 1.82) is 0 Å². The van der Waals surface area contributed by atoms with Gasteiger partial charge < -0.3 is 15.4 Å². The minimum atomic E-state index is -1.05. The lowest BCUT2D eigenvalue weighted by Crippen LogP contribution is -2.36. The van der Waals surface area contributed by atoms with Gasteiger partial charge in [-0.05, 0) is 26.2 Å². The summed E-state index contributed by atoms with van der Waals surface area (Å²) in [4.78, 5) is 32.9. The first kappa shape index (κ1) is 14.1. The Morgan fingerprint density at radius 1 is 1.50 bits per heavy atom. The van der Waals surface area contributed by atoms with Gasteiger partial charge >= 0.3 is 17.2 Å². The van der Waals surface area contributed by atoms with E-state index in [-0.39, 0.29) is 6.54 Å². The summed E-state index contributed by atoms with van der Waals surface area (Å²) in [5.41, 5.74) is 3.56. The van der Waals surface area contributed by atoms with E-state index in [2.05, 4.69) is 9.68 Å². The number of hydrogen-bond donors (Lipinski definition) is 2. The fourth-order valence-electron chi connectivity index (χ4n) is 1.47. The Morgan fingerprint density at radius 2 is 2.17 bits per heavy atom. The number of nitrogens with two attached hydrogens (primary N) is 1. The molecule has 0 radical (unpaired) electrons. The van der Waals surface area contributed by atoms with Gasteiger partial charge in [0.05, 0.1) is 0 Å². The van der Waals surface area contributed by atoms with Crippen LogP contribution in [0.1, 0.15) is 25.1 Å². The lowest BCUT2D eigenvalue weighted by molar-refractivity contribution is -0.138. The minimum absolute atomic E-state index is 0.287. The molecule has 1 aromatic heterocycles. The highest BCUT2D eigenvalue weighted by molar-refractivity contribution is 5.72. The molecule has 1 heterocycles. The van der Waals surface area contributed by atoms with E-state index in [0.717, 1.165) is 0 Å². The lowest BCUT2D eigenvalue weighted by atomic mass is 10.1. The molecule has 3 N–H and O–H groups in total. The van der Waals surface area contributed by atoms with Crippen LogP contribution < -0.4 is 16.9 Å². The zero-order valence-corrected chi connectivity index (χ0v) is 9.96. The summed E-state index contributed by atoms with van der Waals surface area (Å²) in [5.74, 6) is -0.743. The SMILES string of the molecule is Cc1noc(=O)c(=O)n1CCCCC(N)C(=O)O. The molecule has 1 atom stereocenters. The highest BCUT2D eigenvalue weighted by atomic mass is 16.5. The molecule has 0 bridgehead atoms. The van der Waals surface area contributed by atoms with Crippen LogP contribution >= 0.6 is 0 Å². The molecule has 0 spiro atoms. The van der Waals surface area contributed by atoms with Gasteiger partial charge in [0.25, 0.3) is 0 Å². The summed E-state index contributed by atoms with van der Waals surface area (Å²) >= 11 is 0. The molecule has 18 heavy (non-hydrogen) atoms. The Kier molecular flexibility index (Phi) is 4.78. The number of carboxylic acids is 1. The first-order valence-corrected chi connectivity index (χ1v) is 5.49. The van der Waals surface area contributed by atoms with E-state index in [9.17, 15) is 14.4 Å². The van der Waals surface area contributed by atoms with Crippen molar-refractivity contribution >= 4 is 5.97 Å². The summed E-state index contributed by atoms with van der Waals surface area (Å²) in [7, 11) is 0. The van der Waals surface area contributed by atoms with Gasteiger partial charge in [-0.25, -0.2) is 4.79 Å². The second-order valence-electron chi connectivity index (χ2n) is 3.91. The van der Waals surface area contributed by atoms with Gasteiger partial charge in [-0.1, -0.05) is 5.16 Å². The third-order valence-electron chi connectivity index (χ3n) is 2.54. The van der Waals surface area contributed by atoms with Gasteiger partial charge in [0, 0.05) is 6.54 Å². The summed E-state index contributed by atoms with van der Waals surface area (Å²) in [6.07, 6.45) is 1.39. The number of aryl methyl sites for hydroxylation is 1. The molecule has 0 saturated carbocycles. The first-order valence-electron chi connectivity index (χ1n) is 5.49. The smallest absolute Gasteiger partial charge is 0.423 e. The molecule has 0 amide bonds. The molecule has 0 aliphatic heterocycles. The molecule has 1 unspecified atom stereocenters. The molecule has 0 fully saturated rings. The maximum atomic E-state index is 11.4. The minimum Gasteiger partial charge on any atom is -0.480 e. The van der Waals surface area contributed by atoms with E-state index in [1.54, 1.807) is 6.92 Å². The van der Waals surface area contributed by atoms with Crippen molar-refractivity contribution in [3.63, 3.8) is 0 Å². The third kappa shape index (κ3) is 3.52. The van der Waals surface area contributed by atoms with E-state index in [0.29, 0.717) is 25.1 Å². The van der Waals surface area contributed by atoms with Crippen molar-refractivity contribution in [2.45, 2.75) is 38.8 Å². The molecule has 100 valence electrons. The van der Waals surface area contributed by atoms with Crippen LogP contribution in [0, 0.1) is 6.92 Å². The van der Waals surface area contributed by atoms with Crippen LogP contribution in [0.2, 0.25) is 0 Å². The molecule has 0 aliphatic carbocycles. The Balaban J connectivity index is 2.55. The standard InChI is InChI=1S/C10H15N3O5/c1-6-12-18-10(17)8(14)13(6)5-3-2-4-7(11)9(15)16/h7H,2-5,11H2,1H3,(H,15,16). The van der Waals surface area contributed by atoms with Crippen LogP contribution in [0.25, 0.3) is 0 Å². The molecule has 1 aromatic rings. The van der Waals surface area contributed by atoms with Gasteiger partial charge in [0.2, 0.25) is 0 Å². The second-order valence-corrected chi connectivity index (χ2v) is 3.91. The van der Waals surface area contributed by atoms with Gasteiger partial charge in [-0.15, -0.1) is 0 Å². The Bertz CT molecular complexity index is 533. The number of carboxylic acid groups (broad SMARTS) is 1. The number of rotatable bonds is 6. The maximum absolute atomic E-state index is 11.4. The number of aliphatic carboxylic acids is 1. The molecule has 8 nitrogen and oxygen atoms in total. The summed E-state index contributed by atoms with van der Waals surface area (Å²) in [5, 5.41) is 12.0. The fraction of sp³-hybridized carbons (Fsp3) is 0.600. The largest absolute Gasteiger partial charge is 0.480 e. The van der Waals surface area contributed by atoms with Crippen molar-refractivity contribution in [2.75, 3.05) is 0 Å². The second kappa shape index (κ2) is 6.10. The molecule has 0 aliphatic rings. The molecule has 0 saturated heterocycles. The van der Waals surface area contributed by atoms with Crippen LogP contribution in [-0.2, 0) is 11.3 Å². The Hall–Kier alpha value is -1.96. The normalized spacial score (nSPS) is 12.3. The molecular weight excluding hydrogens is 242 g/mol. The molecule has 8 heteroatoms. The monoisotopic (exact) mass is 257 g/mol. The third-order valence-corrected chi connectivity index (χ3v) is 2.54. The Labute approximate surface area is 102 Å². The molecule has 1 rings (SSSR count). The first-order chi connectivity index (χ1) is 8.43. The average Bonchev–Trinajstić information content (AvgIpc) is 2.32. The highest BCUT2D eigenvalue weighted by Crippen LogP contribution is 2.01. The van der Waals surface area contributed by atoms with Crippen LogP contribution in [0.15, 0.2) is 14.1 Å². The quantitative estimate of drug-likeness (QED) is 0.498. The topological polar surface area (TPSA) is 128 Å². The van der Waals surface area contributed by atoms with Crippen molar-refractivity contribution in [1.82, 2.24) is 9.72 Å². The van der Waals surface area contributed by atoms with Crippen LogP contribution in [-0.4, -0.2) is 26.8 Å². The van der Waals surface area contributed by atoms with Crippen molar-refractivity contribution in [3.8, 4) is 0 Å². The zero-order chi connectivity index (χ0) is 13.7. The molecule has 0 aromatic carbocycles. The predicted molar refractivity (Wildman–Crippen MR) is 61.2 cm³/mol. The van der Waals surface area contributed by atoms with Crippen LogP contribution in [0.4, 0.5) is 0 Å². The van der Waals surface area contributed by atoms with Crippen molar-refractivity contribution in [2.24, 2.45) is 5.73 Å². The summed E-state index contributed by atoms with van der Waals surface area (Å²) in [6.45, 7) is 1.84. The van der Waals surface area contributed by atoms with E-state index in [1.807, 2.05) is 0 Å². The van der Waals surface area contributed by atoms with Crippen molar-refractivity contribution < 1.29 is 14.4 Å². The number of carbonyl (C=O) groups is 1. The lowest BCUT2D eigenvalue weighted by Gasteiger charge is -2.08. The van der Waals surface area contributed by atoms with E-state index < -0.39 is 23.2 Å².